The second-order valence-electron chi connectivity index (χ2n) is 7.81. The molecule has 7 heteroatoms. The van der Waals surface area contributed by atoms with Gasteiger partial charge in [-0.3, -0.25) is 0 Å². The molecule has 1 aromatic heterocycles. The summed E-state index contributed by atoms with van der Waals surface area (Å²) in [5.41, 5.74) is 3.92. The molecule has 0 spiro atoms. The van der Waals surface area contributed by atoms with Crippen molar-refractivity contribution in [3.05, 3.63) is 93.6 Å². The fourth-order valence-corrected chi connectivity index (χ4v) is 4.36. The summed E-state index contributed by atoms with van der Waals surface area (Å²) in [6.45, 7) is 0.457. The third-order valence-electron chi connectivity index (χ3n) is 5.82. The average Bonchev–Trinajstić information content (AvgIpc) is 3.09. The number of fused-ring (bicyclic) bond motifs is 2. The van der Waals surface area contributed by atoms with Gasteiger partial charge in [0.25, 0.3) is 0 Å². The molecule has 0 amide bonds. The number of aromatic nitrogens is 1. The quantitative estimate of drug-likeness (QED) is 0.404. The number of aryl methyl sites for hydroxylation is 2. The van der Waals surface area contributed by atoms with Gasteiger partial charge in [0, 0.05) is 16.5 Å². The van der Waals surface area contributed by atoms with Crippen LogP contribution < -0.4 is 4.74 Å². The van der Waals surface area contributed by atoms with Gasteiger partial charge >= 0.3 is 0 Å². The third-order valence-corrected chi connectivity index (χ3v) is 5.82. The number of hydrogen-bond donors (Lipinski definition) is 1. The molecule has 0 saturated carbocycles. The molecule has 0 bridgehead atoms. The van der Waals surface area contributed by atoms with Crippen LogP contribution in [0.2, 0.25) is 0 Å². The van der Waals surface area contributed by atoms with E-state index in [0.29, 0.717) is 34.2 Å². The Balaban J connectivity index is 1.57. The number of ether oxygens (including phenoxy) is 2. The molecule has 0 aliphatic carbocycles. The second-order valence-corrected chi connectivity index (χ2v) is 7.81. The van der Waals surface area contributed by atoms with E-state index in [0.717, 1.165) is 12.0 Å². The normalized spacial score (nSPS) is 13.0. The standard InChI is InChI=1S/C25H21FN2O4/c26-20-11-18(24-19(12-20)14-31-15-32-24)13-28-21-8-4-7-17(22(21)23(27-30)25(28)29)10-9-16-5-2-1-3-6-16/h1-8,11-12,29H,9-10,13-15H2. The minimum atomic E-state index is -0.416. The fourth-order valence-electron chi connectivity index (χ4n) is 4.36. The second kappa shape index (κ2) is 8.43. The zero-order valence-corrected chi connectivity index (χ0v) is 17.3. The molecule has 2 heterocycles. The van der Waals surface area contributed by atoms with Crippen molar-refractivity contribution in [2.75, 3.05) is 6.79 Å². The van der Waals surface area contributed by atoms with Gasteiger partial charge in [-0.25, -0.2) is 4.39 Å². The van der Waals surface area contributed by atoms with Crippen molar-refractivity contribution in [1.29, 1.82) is 0 Å². The van der Waals surface area contributed by atoms with E-state index in [2.05, 4.69) is 17.3 Å². The van der Waals surface area contributed by atoms with Crippen LogP contribution in [0.1, 0.15) is 22.3 Å². The smallest absolute Gasteiger partial charge is 0.222 e. The van der Waals surface area contributed by atoms with Gasteiger partial charge in [-0.2, -0.15) is 0 Å². The summed E-state index contributed by atoms with van der Waals surface area (Å²) in [6.07, 6.45) is 1.47. The van der Waals surface area contributed by atoms with Gasteiger partial charge in [0.1, 0.15) is 11.6 Å². The number of nitroso groups, excluding NO2 is 1. The predicted molar refractivity (Wildman–Crippen MR) is 119 cm³/mol. The van der Waals surface area contributed by atoms with Gasteiger partial charge in [0.2, 0.25) is 5.88 Å². The van der Waals surface area contributed by atoms with E-state index in [-0.39, 0.29) is 31.5 Å². The highest BCUT2D eigenvalue weighted by Gasteiger charge is 2.23. The Morgan fingerprint density at radius 3 is 2.69 bits per heavy atom. The SMILES string of the molecule is O=Nc1c(O)n(Cc2cc(F)cc3c2OCOC3)c2cccc(CCc3ccccc3)c12. The molecule has 5 rings (SSSR count). The summed E-state index contributed by atoms with van der Waals surface area (Å²) in [5.74, 6) is -0.118. The van der Waals surface area contributed by atoms with Crippen molar-refractivity contribution < 1.29 is 19.0 Å². The minimum Gasteiger partial charge on any atom is -0.493 e. The molecule has 1 aliphatic rings. The third kappa shape index (κ3) is 3.61. The number of nitrogens with zero attached hydrogens (tertiary/aromatic N) is 2. The van der Waals surface area contributed by atoms with Crippen LogP contribution in [-0.4, -0.2) is 16.5 Å². The zero-order valence-electron chi connectivity index (χ0n) is 17.3. The Bertz CT molecular complexity index is 1300. The van der Waals surface area contributed by atoms with Crippen LogP contribution in [0.3, 0.4) is 0 Å². The summed E-state index contributed by atoms with van der Waals surface area (Å²) in [5, 5.41) is 14.6. The van der Waals surface area contributed by atoms with Crippen molar-refractivity contribution in [3.63, 3.8) is 0 Å². The average molecular weight is 432 g/mol. The maximum atomic E-state index is 14.2. The number of hydrogen-bond acceptors (Lipinski definition) is 5. The van der Waals surface area contributed by atoms with Gasteiger partial charge in [-0.1, -0.05) is 42.5 Å². The molecule has 0 fully saturated rings. The number of halogens is 1. The summed E-state index contributed by atoms with van der Waals surface area (Å²) < 4.78 is 26.7. The van der Waals surface area contributed by atoms with Crippen LogP contribution in [0.5, 0.6) is 11.6 Å². The van der Waals surface area contributed by atoms with E-state index in [9.17, 15) is 14.4 Å². The van der Waals surface area contributed by atoms with Crippen molar-refractivity contribution in [3.8, 4) is 11.6 Å². The van der Waals surface area contributed by atoms with Gasteiger partial charge in [-0.15, -0.1) is 4.91 Å². The Hall–Kier alpha value is -3.71. The molecule has 4 aromatic rings. The number of benzene rings is 3. The highest BCUT2D eigenvalue weighted by molar-refractivity contribution is 5.97. The lowest BCUT2D eigenvalue weighted by atomic mass is 10.0. The van der Waals surface area contributed by atoms with Crippen molar-refractivity contribution in [2.24, 2.45) is 5.18 Å². The minimum absolute atomic E-state index is 0.00168. The Morgan fingerprint density at radius 1 is 1.03 bits per heavy atom. The van der Waals surface area contributed by atoms with Crippen molar-refractivity contribution in [1.82, 2.24) is 4.57 Å². The maximum Gasteiger partial charge on any atom is 0.222 e. The molecular weight excluding hydrogens is 411 g/mol. The van der Waals surface area contributed by atoms with Crippen LogP contribution in [0, 0.1) is 10.7 Å². The van der Waals surface area contributed by atoms with Crippen LogP contribution >= 0.6 is 0 Å². The molecule has 0 radical (unpaired) electrons. The van der Waals surface area contributed by atoms with E-state index in [1.807, 2.05) is 36.4 Å². The van der Waals surface area contributed by atoms with E-state index in [4.69, 9.17) is 9.47 Å². The van der Waals surface area contributed by atoms with Gasteiger partial charge < -0.3 is 19.1 Å². The summed E-state index contributed by atoms with van der Waals surface area (Å²) in [6, 6.07) is 18.5. The molecule has 6 nitrogen and oxygen atoms in total. The number of rotatable bonds is 6. The highest BCUT2D eigenvalue weighted by Crippen LogP contribution is 2.42. The first-order valence-corrected chi connectivity index (χ1v) is 10.4. The predicted octanol–water partition coefficient (Wildman–Crippen LogP) is 5.58. The van der Waals surface area contributed by atoms with E-state index in [1.165, 1.54) is 17.7 Å². The number of aromatic hydroxyl groups is 1. The van der Waals surface area contributed by atoms with Crippen LogP contribution in [0.4, 0.5) is 10.1 Å². The van der Waals surface area contributed by atoms with Gasteiger partial charge in [0.15, 0.2) is 12.5 Å². The summed E-state index contributed by atoms with van der Waals surface area (Å²) in [4.78, 5) is 11.7. The lowest BCUT2D eigenvalue weighted by molar-refractivity contribution is -0.0173. The Kier molecular flexibility index (Phi) is 5.33. The molecule has 162 valence electrons. The van der Waals surface area contributed by atoms with Crippen LogP contribution in [0.25, 0.3) is 10.9 Å². The van der Waals surface area contributed by atoms with E-state index < -0.39 is 5.82 Å². The molecule has 0 atom stereocenters. The molecule has 1 aliphatic heterocycles. The first kappa shape index (κ1) is 20.2. The summed E-state index contributed by atoms with van der Waals surface area (Å²) >= 11 is 0. The molecule has 32 heavy (non-hydrogen) atoms. The van der Waals surface area contributed by atoms with Gasteiger partial charge in [0.05, 0.1) is 18.7 Å². The van der Waals surface area contributed by atoms with Crippen LogP contribution in [0.15, 0.2) is 65.8 Å². The maximum absolute atomic E-state index is 14.2. The summed E-state index contributed by atoms with van der Waals surface area (Å²) in [7, 11) is 0. The van der Waals surface area contributed by atoms with E-state index >= 15 is 0 Å². The molecule has 0 unspecified atom stereocenters. The highest BCUT2D eigenvalue weighted by atomic mass is 19.1. The monoisotopic (exact) mass is 432 g/mol. The largest absolute Gasteiger partial charge is 0.493 e. The van der Waals surface area contributed by atoms with Gasteiger partial charge in [-0.05, 0) is 47.3 Å². The van der Waals surface area contributed by atoms with Crippen LogP contribution in [-0.2, 0) is 30.7 Å². The fraction of sp³-hybridized carbons (Fsp3) is 0.200. The lowest BCUT2D eigenvalue weighted by Gasteiger charge is -2.21. The Labute approximate surface area is 183 Å². The van der Waals surface area contributed by atoms with E-state index in [1.54, 1.807) is 4.57 Å². The molecule has 3 aromatic carbocycles. The first-order valence-electron chi connectivity index (χ1n) is 10.4. The first-order chi connectivity index (χ1) is 15.7. The Morgan fingerprint density at radius 2 is 1.88 bits per heavy atom. The molecule has 1 N–H and O–H groups in total. The molecular formula is C25H21FN2O4. The zero-order chi connectivity index (χ0) is 22.1. The van der Waals surface area contributed by atoms with Crippen molar-refractivity contribution in [2.45, 2.75) is 26.0 Å². The lowest BCUT2D eigenvalue weighted by Crippen LogP contribution is -2.14. The topological polar surface area (TPSA) is 73.0 Å². The molecule has 0 saturated heterocycles. The van der Waals surface area contributed by atoms with Crippen molar-refractivity contribution >= 4 is 16.6 Å².